The van der Waals surface area contributed by atoms with E-state index in [1.165, 1.54) is 4.90 Å². The van der Waals surface area contributed by atoms with Crippen molar-refractivity contribution in [3.8, 4) is 0 Å². The maximum atomic E-state index is 12.0. The zero-order valence-electron chi connectivity index (χ0n) is 12.4. The van der Waals surface area contributed by atoms with E-state index in [4.69, 9.17) is 20.7 Å². The number of amides is 1. The first-order chi connectivity index (χ1) is 9.23. The topological polar surface area (TPSA) is 85.3 Å². The number of hydrogen-bond acceptors (Lipinski definition) is 5. The number of nitrogens with zero attached hydrogens (tertiary/aromatic N) is 1. The minimum Gasteiger partial charge on any atom is -0.479 e. The largest absolute Gasteiger partial charge is 0.479 e. The molecule has 7 heteroatoms. The fourth-order valence-electron chi connectivity index (χ4n) is 1.58. The van der Waals surface area contributed by atoms with E-state index >= 15 is 0 Å². The van der Waals surface area contributed by atoms with Crippen molar-refractivity contribution in [2.24, 2.45) is 0 Å². The van der Waals surface area contributed by atoms with Crippen LogP contribution in [0.15, 0.2) is 0 Å². The highest BCUT2D eigenvalue weighted by atomic mass is 16.6. The summed E-state index contributed by atoms with van der Waals surface area (Å²) in [6.45, 7) is 5.23. The molecule has 2 unspecified atom stereocenters. The Morgan fingerprint density at radius 3 is 2.63 bits per heavy atom. The van der Waals surface area contributed by atoms with Crippen molar-refractivity contribution in [1.29, 1.82) is 0 Å². The van der Waals surface area contributed by atoms with E-state index in [0.717, 1.165) is 0 Å². The third kappa shape index (κ3) is 5.04. The first-order valence-electron chi connectivity index (χ1n) is 6.67. The Balaban J connectivity index is 2.77. The fraction of sp³-hybridized carbons (Fsp3) is 0.833. The summed E-state index contributed by atoms with van der Waals surface area (Å²) in [5.74, 6) is -1.15. The molecule has 0 saturated carbocycles. The van der Waals surface area contributed by atoms with Gasteiger partial charge in [-0.15, -0.1) is 0 Å². The van der Waals surface area contributed by atoms with Gasteiger partial charge in [0.1, 0.15) is 5.60 Å². The molecule has 1 amide bonds. The van der Waals surface area contributed by atoms with E-state index < -0.39 is 29.9 Å². The Kier molecular flexibility index (Phi) is 4.60. The Hall–Kier alpha value is -1.34. The van der Waals surface area contributed by atoms with Crippen LogP contribution in [0.25, 0.3) is 0 Å². The molecular weight excluding hydrogens is 254 g/mol. The van der Waals surface area contributed by atoms with E-state index in [-0.39, 0.29) is 26.8 Å². The quantitative estimate of drug-likeness (QED) is 0.800. The number of methoxy groups -OCH3 is 1. The molecule has 2 atom stereocenters. The van der Waals surface area contributed by atoms with Crippen LogP contribution in [-0.4, -0.2) is 66.7 Å². The van der Waals surface area contributed by atoms with Gasteiger partial charge in [0.2, 0.25) is 0 Å². The van der Waals surface area contributed by atoms with Crippen LogP contribution in [0.2, 0.25) is 0 Å². The average Bonchev–Trinajstić information content (AvgIpc) is 2.50. The first-order valence-corrected chi connectivity index (χ1v) is 5.96. The molecule has 1 aliphatic rings. The van der Waals surface area contributed by atoms with Crippen molar-refractivity contribution < 1.29 is 30.3 Å². The van der Waals surface area contributed by atoms with Crippen LogP contribution in [0.3, 0.4) is 0 Å². The summed E-state index contributed by atoms with van der Waals surface area (Å²) in [6.07, 6.45) is -2.28. The van der Waals surface area contributed by atoms with Gasteiger partial charge in [-0.2, -0.15) is 0 Å². The Labute approximate surface area is 113 Å². The SMILES string of the molecule is [2H]COC1COC(C(=O)O)CN(C(=O)OC(C)(C)C)C1. The van der Waals surface area contributed by atoms with Crippen LogP contribution in [0.4, 0.5) is 4.79 Å². The van der Waals surface area contributed by atoms with Crippen LogP contribution in [0.1, 0.15) is 22.1 Å². The number of aliphatic carboxylic acids is 1. The Morgan fingerprint density at radius 1 is 1.42 bits per heavy atom. The number of carboxylic acid groups (broad SMARTS) is 1. The highest BCUT2D eigenvalue weighted by Crippen LogP contribution is 2.14. The van der Waals surface area contributed by atoms with Crippen LogP contribution >= 0.6 is 0 Å². The number of hydrogen-bond donors (Lipinski definition) is 1. The van der Waals surface area contributed by atoms with Gasteiger partial charge in [0.25, 0.3) is 0 Å². The molecule has 7 nitrogen and oxygen atoms in total. The van der Waals surface area contributed by atoms with Crippen molar-refractivity contribution in [2.45, 2.75) is 38.6 Å². The average molecular weight is 276 g/mol. The molecule has 0 aliphatic carbocycles. The molecule has 0 aromatic carbocycles. The van der Waals surface area contributed by atoms with Gasteiger partial charge in [0, 0.05) is 7.09 Å². The first kappa shape index (κ1) is 14.1. The summed E-state index contributed by atoms with van der Waals surface area (Å²) in [6, 6.07) is 0. The third-order valence-electron chi connectivity index (χ3n) is 2.46. The lowest BCUT2D eigenvalue weighted by Gasteiger charge is -2.28. The third-order valence-corrected chi connectivity index (χ3v) is 2.46. The van der Waals surface area contributed by atoms with Gasteiger partial charge < -0.3 is 24.2 Å². The number of carbonyl (C=O) groups is 2. The second kappa shape index (κ2) is 6.21. The van der Waals surface area contributed by atoms with Gasteiger partial charge in [0.05, 0.1) is 27.2 Å². The molecule has 1 N–H and O–H groups in total. The summed E-state index contributed by atoms with van der Waals surface area (Å²) in [5.41, 5.74) is -0.672. The smallest absolute Gasteiger partial charge is 0.410 e. The molecule has 1 fully saturated rings. The molecule has 0 spiro atoms. The van der Waals surface area contributed by atoms with Crippen LogP contribution in [-0.2, 0) is 19.0 Å². The summed E-state index contributed by atoms with van der Waals surface area (Å²) in [4.78, 5) is 24.3. The molecule has 0 aromatic heterocycles. The van der Waals surface area contributed by atoms with Crippen molar-refractivity contribution in [1.82, 2.24) is 4.90 Å². The number of ether oxygens (including phenoxy) is 3. The number of carbonyl (C=O) groups excluding carboxylic acids is 1. The van der Waals surface area contributed by atoms with Gasteiger partial charge in [-0.05, 0) is 20.8 Å². The lowest BCUT2D eigenvalue weighted by Crippen LogP contribution is -2.44. The molecule has 1 saturated heterocycles. The van der Waals surface area contributed by atoms with Gasteiger partial charge >= 0.3 is 12.1 Å². The summed E-state index contributed by atoms with van der Waals surface area (Å²) < 4.78 is 22.5. The number of carboxylic acids is 1. The molecule has 1 aliphatic heterocycles. The lowest BCUT2D eigenvalue weighted by molar-refractivity contribution is -0.151. The van der Waals surface area contributed by atoms with Crippen molar-refractivity contribution in [2.75, 3.05) is 26.8 Å². The van der Waals surface area contributed by atoms with E-state index in [2.05, 4.69) is 0 Å². The molecular formula is C12H21NO6. The molecule has 1 heterocycles. The monoisotopic (exact) mass is 276 g/mol. The van der Waals surface area contributed by atoms with Gasteiger partial charge in [-0.1, -0.05) is 0 Å². The normalized spacial score (nSPS) is 25.4. The van der Waals surface area contributed by atoms with Crippen molar-refractivity contribution >= 4 is 12.1 Å². The number of rotatable bonds is 2. The predicted octanol–water partition coefficient (Wildman–Crippen LogP) is 0.722. The van der Waals surface area contributed by atoms with E-state index in [0.29, 0.717) is 0 Å². The highest BCUT2D eigenvalue weighted by Gasteiger charge is 2.33. The highest BCUT2D eigenvalue weighted by molar-refractivity contribution is 5.74. The lowest BCUT2D eigenvalue weighted by atomic mass is 10.2. The Morgan fingerprint density at radius 2 is 2.11 bits per heavy atom. The predicted molar refractivity (Wildman–Crippen MR) is 66.0 cm³/mol. The van der Waals surface area contributed by atoms with Crippen LogP contribution in [0.5, 0.6) is 0 Å². The van der Waals surface area contributed by atoms with E-state index in [1.54, 1.807) is 20.8 Å². The maximum Gasteiger partial charge on any atom is 0.410 e. The van der Waals surface area contributed by atoms with Gasteiger partial charge in [-0.3, -0.25) is 0 Å². The van der Waals surface area contributed by atoms with Crippen molar-refractivity contribution in [3.63, 3.8) is 0 Å². The molecule has 1 rings (SSSR count). The van der Waals surface area contributed by atoms with E-state index in [9.17, 15) is 9.59 Å². The fourth-order valence-corrected chi connectivity index (χ4v) is 1.58. The maximum absolute atomic E-state index is 12.0. The van der Waals surface area contributed by atoms with Crippen LogP contribution in [0, 0.1) is 0 Å². The molecule has 0 radical (unpaired) electrons. The molecule has 0 aromatic rings. The molecule has 19 heavy (non-hydrogen) atoms. The second-order valence-corrected chi connectivity index (χ2v) is 5.33. The summed E-state index contributed by atoms with van der Waals surface area (Å²) >= 11 is 0. The molecule has 0 bridgehead atoms. The zero-order valence-corrected chi connectivity index (χ0v) is 11.4. The minimum absolute atomic E-state index is 0.0230. The van der Waals surface area contributed by atoms with Gasteiger partial charge in [0.15, 0.2) is 6.10 Å². The van der Waals surface area contributed by atoms with E-state index in [1.807, 2.05) is 0 Å². The minimum atomic E-state index is -1.15. The summed E-state index contributed by atoms with van der Waals surface area (Å²) in [5, 5.41) is 9.03. The van der Waals surface area contributed by atoms with Gasteiger partial charge in [-0.25, -0.2) is 9.59 Å². The standard InChI is InChI=1S/C12H21NO6/c1-12(2,3)19-11(16)13-5-8(17-4)7-18-9(6-13)10(14)15/h8-9H,5-7H2,1-4H3,(H,14,15)/i4D. The zero-order chi connectivity index (χ0) is 15.3. The second-order valence-electron chi connectivity index (χ2n) is 5.33. The summed E-state index contributed by atoms with van der Waals surface area (Å²) in [7, 11) is -0.284. The molecule has 110 valence electrons. The Bertz CT molecular complexity index is 356. The van der Waals surface area contributed by atoms with Crippen LogP contribution < -0.4 is 0 Å². The van der Waals surface area contributed by atoms with Crippen molar-refractivity contribution in [3.05, 3.63) is 0 Å².